The van der Waals surface area contributed by atoms with E-state index in [0.29, 0.717) is 22.6 Å². The van der Waals surface area contributed by atoms with Gasteiger partial charge in [-0.1, -0.05) is 0 Å². The summed E-state index contributed by atoms with van der Waals surface area (Å²) in [7, 11) is 2.97. The van der Waals surface area contributed by atoms with E-state index in [-0.39, 0.29) is 11.5 Å². The Morgan fingerprint density at radius 2 is 1.07 bits per heavy atom. The molecule has 0 aromatic heterocycles. The van der Waals surface area contributed by atoms with Crippen LogP contribution in [0.5, 0.6) is 23.0 Å². The summed E-state index contributed by atoms with van der Waals surface area (Å²) in [4.78, 5) is 0. The second-order valence-corrected chi connectivity index (χ2v) is 3.01. The van der Waals surface area contributed by atoms with Crippen molar-refractivity contribution < 1.29 is 19.7 Å². The van der Waals surface area contributed by atoms with Crippen molar-refractivity contribution in [1.29, 1.82) is 0 Å². The zero-order chi connectivity index (χ0) is 10.9. The predicted octanol–water partition coefficient (Wildman–Crippen LogP) is 1.73. The maximum atomic E-state index is 9.53. The van der Waals surface area contributed by atoms with Gasteiger partial charge in [0.05, 0.1) is 14.2 Å². The molecule has 0 amide bonds. The van der Waals surface area contributed by atoms with Crippen LogP contribution in [0.25, 0.3) is 0 Å². The number of hydrogen-bond acceptors (Lipinski definition) is 4. The lowest BCUT2D eigenvalue weighted by atomic mass is 10.1. The van der Waals surface area contributed by atoms with E-state index in [4.69, 9.17) is 9.47 Å². The Kier molecular flexibility index (Phi) is 2.74. The van der Waals surface area contributed by atoms with Crippen LogP contribution < -0.4 is 9.47 Å². The number of hydrogen-bond donors (Lipinski definition) is 2. The molecule has 0 saturated carbocycles. The monoisotopic (exact) mass is 198 g/mol. The lowest BCUT2D eigenvalue weighted by Gasteiger charge is -2.15. The minimum absolute atomic E-state index is 0.167. The molecule has 1 rings (SSSR count). The van der Waals surface area contributed by atoms with Gasteiger partial charge >= 0.3 is 0 Å². The van der Waals surface area contributed by atoms with Crippen molar-refractivity contribution in [1.82, 2.24) is 0 Å². The first-order chi connectivity index (χ1) is 6.54. The van der Waals surface area contributed by atoms with Crippen molar-refractivity contribution in [3.63, 3.8) is 0 Å². The van der Waals surface area contributed by atoms with Gasteiger partial charge in [-0.05, 0) is 13.8 Å². The minimum atomic E-state index is -0.167. The number of ether oxygens (including phenoxy) is 2. The van der Waals surface area contributed by atoms with E-state index in [9.17, 15) is 10.2 Å². The SMILES string of the molecule is COc1c(C)c(O)c(O)c(C)c1OC. The van der Waals surface area contributed by atoms with E-state index in [1.165, 1.54) is 14.2 Å². The minimum Gasteiger partial charge on any atom is -0.504 e. The van der Waals surface area contributed by atoms with Gasteiger partial charge in [-0.3, -0.25) is 0 Å². The van der Waals surface area contributed by atoms with E-state index in [1.807, 2.05) is 0 Å². The fourth-order valence-electron chi connectivity index (χ4n) is 1.40. The predicted molar refractivity (Wildman–Crippen MR) is 52.3 cm³/mol. The summed E-state index contributed by atoms with van der Waals surface area (Å²) in [6.07, 6.45) is 0. The second kappa shape index (κ2) is 3.65. The highest BCUT2D eigenvalue weighted by atomic mass is 16.5. The third-order valence-corrected chi connectivity index (χ3v) is 2.23. The number of aromatic hydroxyl groups is 2. The Bertz CT molecular complexity index is 323. The summed E-state index contributed by atoms with van der Waals surface area (Å²) in [6.45, 7) is 3.30. The van der Waals surface area contributed by atoms with Crippen LogP contribution >= 0.6 is 0 Å². The number of phenolic OH excluding ortho intramolecular Hbond substituents is 2. The van der Waals surface area contributed by atoms with Gasteiger partial charge in [-0.2, -0.15) is 0 Å². The Morgan fingerprint density at radius 1 is 0.786 bits per heavy atom. The molecule has 0 saturated heterocycles. The van der Waals surface area contributed by atoms with Crippen molar-refractivity contribution in [2.75, 3.05) is 14.2 Å². The molecule has 0 atom stereocenters. The number of methoxy groups -OCH3 is 2. The summed E-state index contributed by atoms with van der Waals surface area (Å²) in [6, 6.07) is 0. The van der Waals surface area contributed by atoms with Crippen molar-refractivity contribution in [2.45, 2.75) is 13.8 Å². The fourth-order valence-corrected chi connectivity index (χ4v) is 1.40. The Labute approximate surface area is 82.7 Å². The molecule has 4 nitrogen and oxygen atoms in total. The standard InChI is InChI=1S/C10H14O4/c1-5-7(11)8(12)6(2)10(14-4)9(5)13-3/h11-12H,1-4H3. The average molecular weight is 198 g/mol. The Hall–Kier alpha value is -1.58. The number of phenols is 2. The highest BCUT2D eigenvalue weighted by Crippen LogP contribution is 2.46. The van der Waals surface area contributed by atoms with Gasteiger partial charge in [-0.25, -0.2) is 0 Å². The van der Waals surface area contributed by atoms with Crippen LogP contribution in [0.2, 0.25) is 0 Å². The van der Waals surface area contributed by atoms with Crippen molar-refractivity contribution in [3.05, 3.63) is 11.1 Å². The first kappa shape index (κ1) is 10.5. The highest BCUT2D eigenvalue weighted by Gasteiger charge is 2.19. The van der Waals surface area contributed by atoms with Gasteiger partial charge in [0.15, 0.2) is 23.0 Å². The third kappa shape index (κ3) is 1.32. The molecule has 0 unspecified atom stereocenters. The average Bonchev–Trinajstić information content (AvgIpc) is 2.20. The van der Waals surface area contributed by atoms with Gasteiger partial charge in [0, 0.05) is 11.1 Å². The first-order valence-corrected chi connectivity index (χ1v) is 4.17. The van der Waals surface area contributed by atoms with Crippen LogP contribution in [0.3, 0.4) is 0 Å². The third-order valence-electron chi connectivity index (χ3n) is 2.23. The molecule has 0 aliphatic heterocycles. The van der Waals surface area contributed by atoms with E-state index < -0.39 is 0 Å². The van der Waals surface area contributed by atoms with Crippen LogP contribution in [-0.4, -0.2) is 24.4 Å². The lowest BCUT2D eigenvalue weighted by Crippen LogP contribution is -1.96. The van der Waals surface area contributed by atoms with Crippen molar-refractivity contribution in [2.24, 2.45) is 0 Å². The number of benzene rings is 1. The first-order valence-electron chi connectivity index (χ1n) is 4.17. The molecular formula is C10H14O4. The quantitative estimate of drug-likeness (QED) is 0.710. The molecule has 4 heteroatoms. The van der Waals surface area contributed by atoms with Gasteiger partial charge in [0.2, 0.25) is 0 Å². The van der Waals surface area contributed by atoms with E-state index in [1.54, 1.807) is 13.8 Å². The Morgan fingerprint density at radius 3 is 1.29 bits per heavy atom. The fraction of sp³-hybridized carbons (Fsp3) is 0.400. The highest BCUT2D eigenvalue weighted by molar-refractivity contribution is 5.64. The topological polar surface area (TPSA) is 58.9 Å². The summed E-state index contributed by atoms with van der Waals surface area (Å²) >= 11 is 0. The molecule has 14 heavy (non-hydrogen) atoms. The van der Waals surface area contributed by atoms with Crippen LogP contribution in [0, 0.1) is 13.8 Å². The smallest absolute Gasteiger partial charge is 0.167 e. The second-order valence-electron chi connectivity index (χ2n) is 3.01. The van der Waals surface area contributed by atoms with Gasteiger partial charge in [0.1, 0.15) is 0 Å². The van der Waals surface area contributed by atoms with Crippen LogP contribution in [0.1, 0.15) is 11.1 Å². The normalized spacial score (nSPS) is 10.0. The molecule has 0 aliphatic rings. The molecule has 78 valence electrons. The van der Waals surface area contributed by atoms with Gasteiger partial charge < -0.3 is 19.7 Å². The summed E-state index contributed by atoms with van der Waals surface area (Å²) in [5.74, 6) is 0.556. The molecule has 0 aliphatic carbocycles. The van der Waals surface area contributed by atoms with Crippen LogP contribution in [-0.2, 0) is 0 Å². The van der Waals surface area contributed by atoms with Crippen molar-refractivity contribution in [3.8, 4) is 23.0 Å². The van der Waals surface area contributed by atoms with E-state index in [2.05, 4.69) is 0 Å². The summed E-state index contributed by atoms with van der Waals surface area (Å²) in [5, 5.41) is 19.1. The summed E-state index contributed by atoms with van der Waals surface area (Å²) < 4.78 is 10.2. The molecule has 0 spiro atoms. The molecule has 0 bridgehead atoms. The van der Waals surface area contributed by atoms with Gasteiger partial charge in [0.25, 0.3) is 0 Å². The van der Waals surface area contributed by atoms with Crippen LogP contribution in [0.4, 0.5) is 0 Å². The Balaban J connectivity index is 3.57. The largest absolute Gasteiger partial charge is 0.504 e. The maximum absolute atomic E-state index is 9.53. The molecule has 1 aromatic rings. The zero-order valence-corrected chi connectivity index (χ0v) is 8.71. The van der Waals surface area contributed by atoms with Gasteiger partial charge in [-0.15, -0.1) is 0 Å². The molecule has 2 N–H and O–H groups in total. The molecule has 0 radical (unpaired) electrons. The molecular weight excluding hydrogens is 184 g/mol. The van der Waals surface area contributed by atoms with Crippen LogP contribution in [0.15, 0.2) is 0 Å². The zero-order valence-electron chi connectivity index (χ0n) is 8.71. The number of rotatable bonds is 2. The van der Waals surface area contributed by atoms with Crippen molar-refractivity contribution >= 4 is 0 Å². The molecule has 1 aromatic carbocycles. The summed E-state index contributed by atoms with van der Waals surface area (Å²) in [5.41, 5.74) is 0.930. The van der Waals surface area contributed by atoms with E-state index in [0.717, 1.165) is 0 Å². The lowest BCUT2D eigenvalue weighted by molar-refractivity contribution is 0.335. The molecule has 0 fully saturated rings. The maximum Gasteiger partial charge on any atom is 0.167 e. The van der Waals surface area contributed by atoms with E-state index >= 15 is 0 Å². The molecule has 0 heterocycles.